The van der Waals surface area contributed by atoms with Crippen LogP contribution < -0.4 is 0 Å². The van der Waals surface area contributed by atoms with Crippen molar-refractivity contribution in [2.75, 3.05) is 0 Å². The largest absolute Gasteiger partial charge is 0.480 e. The molecular weight excluding hydrogens is 264 g/mol. The Labute approximate surface area is 124 Å². The number of hydrogen-bond acceptors (Lipinski definition) is 2. The Morgan fingerprint density at radius 3 is 2.57 bits per heavy atom. The van der Waals surface area contributed by atoms with E-state index in [9.17, 15) is 9.90 Å². The predicted molar refractivity (Wildman–Crippen MR) is 82.5 cm³/mol. The van der Waals surface area contributed by atoms with Crippen molar-refractivity contribution in [1.29, 1.82) is 0 Å². The van der Waals surface area contributed by atoms with E-state index in [2.05, 4.69) is 0 Å². The Hall–Kier alpha value is -1.84. The first-order valence-electron chi connectivity index (χ1n) is 7.73. The lowest BCUT2D eigenvalue weighted by atomic mass is 9.88. The lowest BCUT2D eigenvalue weighted by Gasteiger charge is -2.29. The average molecular weight is 286 g/mol. The van der Waals surface area contributed by atoms with Crippen LogP contribution in [0.3, 0.4) is 0 Å². The van der Waals surface area contributed by atoms with Crippen LogP contribution in [0, 0.1) is 0 Å². The monoisotopic (exact) mass is 286 g/mol. The van der Waals surface area contributed by atoms with Gasteiger partial charge in [0.25, 0.3) is 0 Å². The van der Waals surface area contributed by atoms with Crippen LogP contribution in [0.2, 0.25) is 0 Å². The SMILES string of the molecule is CC(C)(C(=O)O)n1c(C2CCCCC2)nc2ccccc21. The first-order chi connectivity index (χ1) is 10.0. The number of carboxylic acid groups (broad SMARTS) is 1. The van der Waals surface area contributed by atoms with Gasteiger partial charge in [-0.2, -0.15) is 0 Å². The van der Waals surface area contributed by atoms with Crippen LogP contribution >= 0.6 is 0 Å². The van der Waals surface area contributed by atoms with Gasteiger partial charge >= 0.3 is 5.97 Å². The quantitative estimate of drug-likeness (QED) is 0.931. The molecule has 3 rings (SSSR count). The fourth-order valence-electron chi connectivity index (χ4n) is 3.36. The molecule has 0 amide bonds. The van der Waals surface area contributed by atoms with E-state index in [0.29, 0.717) is 5.92 Å². The second-order valence-corrected chi connectivity index (χ2v) is 6.49. The highest BCUT2D eigenvalue weighted by molar-refractivity contribution is 5.82. The highest BCUT2D eigenvalue weighted by Crippen LogP contribution is 2.36. The van der Waals surface area contributed by atoms with Crippen molar-refractivity contribution in [2.45, 2.75) is 57.4 Å². The number of imidazole rings is 1. The maximum atomic E-state index is 11.7. The first kappa shape index (κ1) is 14.1. The summed E-state index contributed by atoms with van der Waals surface area (Å²) in [6.07, 6.45) is 5.92. The normalized spacial score (nSPS) is 17.2. The summed E-state index contributed by atoms with van der Waals surface area (Å²) in [6, 6.07) is 7.84. The molecule has 4 heteroatoms. The summed E-state index contributed by atoms with van der Waals surface area (Å²) in [5, 5.41) is 9.65. The third-order valence-corrected chi connectivity index (χ3v) is 4.64. The predicted octanol–water partition coefficient (Wildman–Crippen LogP) is 3.90. The van der Waals surface area contributed by atoms with Crippen molar-refractivity contribution in [3.8, 4) is 0 Å². The number of fused-ring (bicyclic) bond motifs is 1. The van der Waals surface area contributed by atoms with E-state index in [4.69, 9.17) is 4.98 Å². The van der Waals surface area contributed by atoms with Crippen molar-refractivity contribution in [2.24, 2.45) is 0 Å². The molecule has 0 saturated heterocycles. The van der Waals surface area contributed by atoms with Crippen molar-refractivity contribution in [3.05, 3.63) is 30.1 Å². The molecule has 0 unspecified atom stereocenters. The third-order valence-electron chi connectivity index (χ3n) is 4.64. The van der Waals surface area contributed by atoms with Gasteiger partial charge in [0.2, 0.25) is 0 Å². The van der Waals surface area contributed by atoms with Crippen LogP contribution in [0.15, 0.2) is 24.3 Å². The molecule has 4 nitrogen and oxygen atoms in total. The number of aliphatic carboxylic acids is 1. The number of aromatic nitrogens is 2. The van der Waals surface area contributed by atoms with Gasteiger partial charge in [-0.25, -0.2) is 9.78 Å². The summed E-state index contributed by atoms with van der Waals surface area (Å²) < 4.78 is 1.95. The second-order valence-electron chi connectivity index (χ2n) is 6.49. The van der Waals surface area contributed by atoms with Gasteiger partial charge in [0.05, 0.1) is 11.0 Å². The molecule has 1 aliphatic rings. The molecule has 0 spiro atoms. The number of hydrogen-bond donors (Lipinski definition) is 1. The fraction of sp³-hybridized carbons (Fsp3) is 0.529. The molecule has 1 aromatic carbocycles. The van der Waals surface area contributed by atoms with Crippen LogP contribution in [0.4, 0.5) is 0 Å². The molecule has 1 saturated carbocycles. The van der Waals surface area contributed by atoms with Gasteiger partial charge in [0.15, 0.2) is 0 Å². The summed E-state index contributed by atoms with van der Waals surface area (Å²) >= 11 is 0. The number of carboxylic acids is 1. The summed E-state index contributed by atoms with van der Waals surface area (Å²) in [6.45, 7) is 3.52. The zero-order valence-corrected chi connectivity index (χ0v) is 12.7. The molecule has 0 radical (unpaired) electrons. The summed E-state index contributed by atoms with van der Waals surface area (Å²) in [7, 11) is 0. The average Bonchev–Trinajstić information content (AvgIpc) is 2.88. The van der Waals surface area contributed by atoms with Crippen LogP contribution in [0.25, 0.3) is 11.0 Å². The van der Waals surface area contributed by atoms with Gasteiger partial charge in [-0.05, 0) is 38.8 Å². The van der Waals surface area contributed by atoms with E-state index in [-0.39, 0.29) is 0 Å². The fourth-order valence-corrected chi connectivity index (χ4v) is 3.36. The molecule has 21 heavy (non-hydrogen) atoms. The standard InChI is InChI=1S/C17H22N2O2/c1-17(2,16(20)21)19-14-11-7-6-10-13(14)18-15(19)12-8-4-3-5-9-12/h6-7,10-12H,3-5,8-9H2,1-2H3,(H,20,21). The minimum absolute atomic E-state index is 0.379. The lowest BCUT2D eigenvalue weighted by Crippen LogP contribution is -2.37. The molecule has 0 atom stereocenters. The Bertz CT molecular complexity index is 666. The van der Waals surface area contributed by atoms with Gasteiger partial charge in [-0.15, -0.1) is 0 Å². The zero-order chi connectivity index (χ0) is 15.0. The molecule has 2 aromatic rings. The van der Waals surface area contributed by atoms with Crippen LogP contribution in [0.5, 0.6) is 0 Å². The number of benzene rings is 1. The molecule has 1 heterocycles. The molecule has 1 N–H and O–H groups in total. The zero-order valence-electron chi connectivity index (χ0n) is 12.7. The third kappa shape index (κ3) is 2.33. The summed E-state index contributed by atoms with van der Waals surface area (Å²) in [4.78, 5) is 16.5. The summed E-state index contributed by atoms with van der Waals surface area (Å²) in [5.41, 5.74) is 0.834. The molecule has 0 aliphatic heterocycles. The molecule has 1 aliphatic carbocycles. The minimum atomic E-state index is -0.983. The Balaban J connectivity index is 2.21. The number of rotatable bonds is 3. The van der Waals surface area contributed by atoms with E-state index in [1.807, 2.05) is 28.8 Å². The lowest BCUT2D eigenvalue weighted by molar-refractivity contribution is -0.145. The van der Waals surface area contributed by atoms with Gasteiger partial charge < -0.3 is 9.67 Å². The van der Waals surface area contributed by atoms with Crippen molar-refractivity contribution in [3.63, 3.8) is 0 Å². The van der Waals surface area contributed by atoms with E-state index >= 15 is 0 Å². The first-order valence-corrected chi connectivity index (χ1v) is 7.73. The van der Waals surface area contributed by atoms with E-state index in [1.165, 1.54) is 19.3 Å². The molecule has 112 valence electrons. The smallest absolute Gasteiger partial charge is 0.329 e. The van der Waals surface area contributed by atoms with Gasteiger partial charge in [0, 0.05) is 5.92 Å². The van der Waals surface area contributed by atoms with E-state index in [0.717, 1.165) is 29.7 Å². The van der Waals surface area contributed by atoms with Crippen molar-refractivity contribution in [1.82, 2.24) is 9.55 Å². The topological polar surface area (TPSA) is 55.1 Å². The van der Waals surface area contributed by atoms with Crippen LogP contribution in [-0.2, 0) is 10.3 Å². The maximum Gasteiger partial charge on any atom is 0.329 e. The second kappa shape index (κ2) is 5.17. The molecule has 1 aromatic heterocycles. The van der Waals surface area contributed by atoms with Crippen LogP contribution in [-0.4, -0.2) is 20.6 Å². The number of carbonyl (C=O) groups is 1. The molecule has 0 bridgehead atoms. The van der Waals surface area contributed by atoms with E-state index in [1.54, 1.807) is 13.8 Å². The van der Waals surface area contributed by atoms with Crippen LogP contribution in [0.1, 0.15) is 57.7 Å². The Morgan fingerprint density at radius 2 is 1.90 bits per heavy atom. The van der Waals surface area contributed by atoms with E-state index < -0.39 is 11.5 Å². The maximum absolute atomic E-state index is 11.7. The Morgan fingerprint density at radius 1 is 1.24 bits per heavy atom. The molecular formula is C17H22N2O2. The number of nitrogens with zero attached hydrogens (tertiary/aromatic N) is 2. The van der Waals surface area contributed by atoms with Gasteiger partial charge in [0.1, 0.15) is 11.4 Å². The number of para-hydroxylation sites is 2. The van der Waals surface area contributed by atoms with Crippen molar-refractivity contribution >= 4 is 17.0 Å². The van der Waals surface area contributed by atoms with Crippen molar-refractivity contribution < 1.29 is 9.90 Å². The Kier molecular flexibility index (Phi) is 3.47. The van der Waals surface area contributed by atoms with Gasteiger partial charge in [-0.3, -0.25) is 0 Å². The minimum Gasteiger partial charge on any atom is -0.480 e. The highest BCUT2D eigenvalue weighted by Gasteiger charge is 2.35. The summed E-state index contributed by atoms with van der Waals surface area (Å²) in [5.74, 6) is 0.510. The molecule has 1 fully saturated rings. The highest BCUT2D eigenvalue weighted by atomic mass is 16.4. The van der Waals surface area contributed by atoms with Gasteiger partial charge in [-0.1, -0.05) is 31.4 Å².